The fraction of sp³-hybridized carbons (Fsp3) is 0.152. The standard InChI is InChI=1S/C33H30N2O6S/c1-22-7-3-4-8-26(22)28-21-24(15-18-27(28)32(36)34-29(33(37)38)19-20-42-2)12-11-23-13-16-25(17-14-23)41-31-10-6-5-9-30(31)35(39)40/h3-18,21,29H,19-20H2,1-2H3,(H,34,36)(H,37,38)/b12-11+. The van der Waals surface area contributed by atoms with Crippen LogP contribution in [-0.4, -0.2) is 40.0 Å². The number of nitro groups is 1. The Morgan fingerprint density at radius 2 is 1.62 bits per heavy atom. The van der Waals surface area contributed by atoms with Crippen molar-refractivity contribution in [2.75, 3.05) is 12.0 Å². The van der Waals surface area contributed by atoms with Gasteiger partial charge in [0.2, 0.25) is 5.75 Å². The lowest BCUT2D eigenvalue weighted by molar-refractivity contribution is -0.385. The number of hydrogen-bond acceptors (Lipinski definition) is 6. The van der Waals surface area contributed by atoms with Gasteiger partial charge in [-0.15, -0.1) is 0 Å². The highest BCUT2D eigenvalue weighted by Crippen LogP contribution is 2.32. The Morgan fingerprint density at radius 3 is 2.31 bits per heavy atom. The molecule has 1 atom stereocenters. The molecule has 4 rings (SSSR count). The molecule has 0 fully saturated rings. The summed E-state index contributed by atoms with van der Waals surface area (Å²) < 4.78 is 5.72. The van der Waals surface area contributed by atoms with Gasteiger partial charge in [0.05, 0.1) is 4.92 Å². The molecule has 0 radical (unpaired) electrons. The molecule has 0 bridgehead atoms. The fourth-order valence-corrected chi connectivity index (χ4v) is 4.82. The predicted molar refractivity (Wildman–Crippen MR) is 167 cm³/mol. The van der Waals surface area contributed by atoms with Crippen molar-refractivity contribution in [1.82, 2.24) is 5.32 Å². The molecule has 0 aliphatic heterocycles. The first-order chi connectivity index (χ1) is 20.3. The van der Waals surface area contributed by atoms with Crippen LogP contribution in [0.25, 0.3) is 23.3 Å². The number of carboxylic acid groups (broad SMARTS) is 1. The van der Waals surface area contributed by atoms with Gasteiger partial charge in [0.15, 0.2) is 0 Å². The summed E-state index contributed by atoms with van der Waals surface area (Å²) in [4.78, 5) is 35.8. The summed E-state index contributed by atoms with van der Waals surface area (Å²) in [7, 11) is 0. The van der Waals surface area contributed by atoms with E-state index >= 15 is 0 Å². The summed E-state index contributed by atoms with van der Waals surface area (Å²) in [6.07, 6.45) is 6.05. The van der Waals surface area contributed by atoms with Gasteiger partial charge in [0.1, 0.15) is 11.8 Å². The van der Waals surface area contributed by atoms with Crippen molar-refractivity contribution in [3.05, 3.63) is 123 Å². The molecular weight excluding hydrogens is 552 g/mol. The predicted octanol–water partition coefficient (Wildman–Crippen LogP) is 7.47. The highest BCUT2D eigenvalue weighted by molar-refractivity contribution is 7.98. The molecule has 42 heavy (non-hydrogen) atoms. The molecule has 1 unspecified atom stereocenters. The van der Waals surface area contributed by atoms with Crippen LogP contribution in [0, 0.1) is 17.0 Å². The second kappa shape index (κ2) is 14.1. The van der Waals surface area contributed by atoms with E-state index in [0.717, 1.165) is 22.3 Å². The van der Waals surface area contributed by atoms with E-state index in [-0.39, 0.29) is 11.4 Å². The number of nitrogens with zero attached hydrogens (tertiary/aromatic N) is 1. The number of aliphatic carboxylic acids is 1. The number of amides is 1. The van der Waals surface area contributed by atoms with Gasteiger partial charge >= 0.3 is 11.7 Å². The molecule has 0 aliphatic carbocycles. The smallest absolute Gasteiger partial charge is 0.326 e. The number of thioether (sulfide) groups is 1. The van der Waals surface area contributed by atoms with Crippen LogP contribution in [0.15, 0.2) is 91.0 Å². The van der Waals surface area contributed by atoms with Gasteiger partial charge in [-0.05, 0) is 83.5 Å². The van der Waals surface area contributed by atoms with Crippen LogP contribution in [0.5, 0.6) is 11.5 Å². The molecule has 2 N–H and O–H groups in total. The van der Waals surface area contributed by atoms with Crippen molar-refractivity contribution in [3.63, 3.8) is 0 Å². The minimum absolute atomic E-state index is 0.110. The lowest BCUT2D eigenvalue weighted by Crippen LogP contribution is -2.41. The lowest BCUT2D eigenvalue weighted by atomic mass is 9.93. The molecular formula is C33H30N2O6S. The number of rotatable bonds is 12. The summed E-state index contributed by atoms with van der Waals surface area (Å²) in [6, 6.07) is 25.5. The van der Waals surface area contributed by atoms with Gasteiger partial charge in [0, 0.05) is 11.6 Å². The van der Waals surface area contributed by atoms with Crippen molar-refractivity contribution < 1.29 is 24.4 Å². The molecule has 0 aliphatic rings. The van der Waals surface area contributed by atoms with Gasteiger partial charge < -0.3 is 15.2 Å². The third-order valence-corrected chi connectivity index (χ3v) is 7.22. The maximum atomic E-state index is 13.3. The number of para-hydroxylation sites is 2. The first kappa shape index (κ1) is 30.1. The molecule has 0 aromatic heterocycles. The lowest BCUT2D eigenvalue weighted by Gasteiger charge is -2.17. The second-order valence-corrected chi connectivity index (χ2v) is 10.5. The van der Waals surface area contributed by atoms with Crippen molar-refractivity contribution in [3.8, 4) is 22.6 Å². The zero-order chi connectivity index (χ0) is 30.1. The van der Waals surface area contributed by atoms with E-state index in [1.165, 1.54) is 17.8 Å². The van der Waals surface area contributed by atoms with Crippen LogP contribution in [0.3, 0.4) is 0 Å². The van der Waals surface area contributed by atoms with Crippen LogP contribution in [0.2, 0.25) is 0 Å². The summed E-state index contributed by atoms with van der Waals surface area (Å²) in [5, 5.41) is 23.6. The third kappa shape index (κ3) is 7.64. The van der Waals surface area contributed by atoms with E-state index < -0.39 is 22.8 Å². The summed E-state index contributed by atoms with van der Waals surface area (Å²) in [6.45, 7) is 1.96. The number of hydrogen-bond donors (Lipinski definition) is 2. The molecule has 1 amide bonds. The van der Waals surface area contributed by atoms with E-state index in [1.807, 2.05) is 73.9 Å². The molecule has 4 aromatic rings. The van der Waals surface area contributed by atoms with Crippen LogP contribution in [0.1, 0.15) is 33.5 Å². The van der Waals surface area contributed by atoms with E-state index in [4.69, 9.17) is 4.74 Å². The highest BCUT2D eigenvalue weighted by Gasteiger charge is 2.22. The summed E-state index contributed by atoms with van der Waals surface area (Å²) in [5.41, 5.74) is 4.58. The Bertz CT molecular complexity index is 1620. The van der Waals surface area contributed by atoms with Gasteiger partial charge in [-0.25, -0.2) is 4.79 Å². The SMILES string of the molecule is CSCCC(NC(=O)c1ccc(/C=C/c2ccc(Oc3ccccc3[N+](=O)[O-])cc2)cc1-c1ccccc1C)C(=O)O. The first-order valence-corrected chi connectivity index (χ1v) is 14.6. The van der Waals surface area contributed by atoms with E-state index in [0.29, 0.717) is 29.1 Å². The van der Waals surface area contributed by atoms with E-state index in [9.17, 15) is 24.8 Å². The van der Waals surface area contributed by atoms with Crippen LogP contribution in [0.4, 0.5) is 5.69 Å². The minimum Gasteiger partial charge on any atom is -0.480 e. The fourth-order valence-electron chi connectivity index (χ4n) is 4.35. The molecule has 0 saturated carbocycles. The van der Waals surface area contributed by atoms with E-state index in [1.54, 1.807) is 36.4 Å². The average molecular weight is 583 g/mol. The van der Waals surface area contributed by atoms with Crippen LogP contribution in [-0.2, 0) is 4.79 Å². The van der Waals surface area contributed by atoms with Crippen LogP contribution >= 0.6 is 11.8 Å². The maximum Gasteiger partial charge on any atom is 0.326 e. The van der Waals surface area contributed by atoms with Gasteiger partial charge in [0.25, 0.3) is 5.91 Å². The monoisotopic (exact) mass is 582 g/mol. The number of aryl methyl sites for hydroxylation is 1. The maximum absolute atomic E-state index is 13.3. The Kier molecular flexibility index (Phi) is 10.1. The molecule has 9 heteroatoms. The number of carboxylic acids is 1. The van der Waals surface area contributed by atoms with Crippen LogP contribution < -0.4 is 10.1 Å². The number of nitrogens with one attached hydrogen (secondary N) is 1. The minimum atomic E-state index is -1.06. The molecule has 4 aromatic carbocycles. The van der Waals surface area contributed by atoms with E-state index in [2.05, 4.69) is 5.32 Å². The molecule has 0 spiro atoms. The summed E-state index contributed by atoms with van der Waals surface area (Å²) >= 11 is 1.53. The average Bonchev–Trinajstić information content (AvgIpc) is 2.99. The molecule has 0 saturated heterocycles. The topological polar surface area (TPSA) is 119 Å². The zero-order valence-corrected chi connectivity index (χ0v) is 24.0. The van der Waals surface area contributed by atoms with Crippen molar-refractivity contribution in [2.45, 2.75) is 19.4 Å². The van der Waals surface area contributed by atoms with Crippen molar-refractivity contribution >= 4 is 41.5 Å². The van der Waals surface area contributed by atoms with Crippen molar-refractivity contribution in [1.29, 1.82) is 0 Å². The number of carbonyl (C=O) groups is 2. The first-order valence-electron chi connectivity index (χ1n) is 13.2. The normalized spacial score (nSPS) is 11.7. The Balaban J connectivity index is 1.58. The number of nitro benzene ring substituents is 1. The summed E-state index contributed by atoms with van der Waals surface area (Å²) in [5.74, 6) is -0.252. The highest BCUT2D eigenvalue weighted by atomic mass is 32.2. The van der Waals surface area contributed by atoms with Gasteiger partial charge in [-0.2, -0.15) is 11.8 Å². The van der Waals surface area contributed by atoms with Crippen molar-refractivity contribution in [2.24, 2.45) is 0 Å². The molecule has 0 heterocycles. The van der Waals surface area contributed by atoms with Gasteiger partial charge in [-0.3, -0.25) is 14.9 Å². The number of benzene rings is 4. The largest absolute Gasteiger partial charge is 0.480 e. The number of ether oxygens (including phenoxy) is 1. The number of carbonyl (C=O) groups excluding carboxylic acids is 1. The second-order valence-electron chi connectivity index (χ2n) is 9.49. The quantitative estimate of drug-likeness (QED) is 0.101. The Hall–Kier alpha value is -4.89. The van der Waals surface area contributed by atoms with Gasteiger partial charge in [-0.1, -0.05) is 66.7 Å². The molecule has 214 valence electrons. The third-order valence-electron chi connectivity index (χ3n) is 6.58. The Labute approximate surface area is 248 Å². The zero-order valence-electron chi connectivity index (χ0n) is 23.2. The molecule has 8 nitrogen and oxygen atoms in total. The Morgan fingerprint density at radius 1 is 0.952 bits per heavy atom.